The van der Waals surface area contributed by atoms with E-state index >= 15 is 0 Å². The summed E-state index contributed by atoms with van der Waals surface area (Å²) in [4.78, 5) is 30.8. The number of oxime groups is 1. The van der Waals surface area contributed by atoms with Crippen LogP contribution in [0.2, 0.25) is 10.0 Å². The second-order valence-electron chi connectivity index (χ2n) is 9.60. The average molecular weight is 577 g/mol. The third-order valence-corrected chi connectivity index (χ3v) is 9.08. The van der Waals surface area contributed by atoms with Crippen LogP contribution >= 0.6 is 34.5 Å². The van der Waals surface area contributed by atoms with Crippen molar-refractivity contribution in [2.24, 2.45) is 5.16 Å². The Morgan fingerprint density at radius 1 is 1.08 bits per heavy atom. The van der Waals surface area contributed by atoms with Gasteiger partial charge in [0.25, 0.3) is 11.5 Å². The van der Waals surface area contributed by atoms with Crippen molar-refractivity contribution in [3.8, 4) is 0 Å². The number of nitrogens with one attached hydrogen (secondary N) is 1. The summed E-state index contributed by atoms with van der Waals surface area (Å²) in [5, 5.41) is 5.73. The Hall–Kier alpha value is -2.17. The van der Waals surface area contributed by atoms with Gasteiger partial charge in [-0.25, -0.2) is 4.39 Å². The second kappa shape index (κ2) is 9.85. The lowest BCUT2D eigenvalue weighted by Gasteiger charge is -2.29. The fourth-order valence-corrected chi connectivity index (χ4v) is 6.96. The molecule has 2 aliphatic carbocycles. The molecule has 1 atom stereocenters. The van der Waals surface area contributed by atoms with E-state index in [1.807, 2.05) is 0 Å². The summed E-state index contributed by atoms with van der Waals surface area (Å²) in [5.41, 5.74) is -1.64. The molecule has 1 fully saturated rings. The van der Waals surface area contributed by atoms with Gasteiger partial charge in [-0.3, -0.25) is 9.59 Å². The molecule has 5 nitrogen and oxygen atoms in total. The van der Waals surface area contributed by atoms with Gasteiger partial charge >= 0.3 is 6.18 Å². The van der Waals surface area contributed by atoms with Gasteiger partial charge in [0.05, 0.1) is 26.2 Å². The van der Waals surface area contributed by atoms with Crippen molar-refractivity contribution in [2.75, 3.05) is 0 Å². The Morgan fingerprint density at radius 2 is 1.70 bits per heavy atom. The van der Waals surface area contributed by atoms with Crippen molar-refractivity contribution < 1.29 is 32.0 Å². The third kappa shape index (κ3) is 4.76. The molecular formula is C25H22Cl2F4N2O3S. The summed E-state index contributed by atoms with van der Waals surface area (Å²) in [5.74, 6) is -1.13. The standard InChI is InChI=1S/C25H22Cl2F4N2O3S/c26-17-9-12(10-18(27)20(17)28)24(25(29,30)31)11-19(33-36-24)21-15-3-1-2-4-16(15)22(37-21)23(35)32-13-5-7-14(34)8-6-13/h9-10,13H,1-8,11H2,(H,32,35). The highest BCUT2D eigenvalue weighted by Crippen LogP contribution is 2.51. The number of carbonyl (C=O) groups excluding carboxylic acids is 2. The van der Waals surface area contributed by atoms with E-state index in [2.05, 4.69) is 10.5 Å². The lowest BCUT2D eigenvalue weighted by Crippen LogP contribution is -2.42. The van der Waals surface area contributed by atoms with Gasteiger partial charge in [-0.1, -0.05) is 28.4 Å². The van der Waals surface area contributed by atoms with Gasteiger partial charge in [0.2, 0.25) is 0 Å². The molecule has 1 N–H and O–H groups in total. The van der Waals surface area contributed by atoms with Gasteiger partial charge in [0.15, 0.2) is 5.82 Å². The molecule has 0 saturated heterocycles. The van der Waals surface area contributed by atoms with Crippen LogP contribution in [0.25, 0.3) is 0 Å². The van der Waals surface area contributed by atoms with Gasteiger partial charge in [-0.15, -0.1) is 11.3 Å². The van der Waals surface area contributed by atoms with E-state index < -0.39 is 39.6 Å². The Balaban J connectivity index is 1.48. The molecule has 2 heterocycles. The predicted molar refractivity (Wildman–Crippen MR) is 132 cm³/mol. The number of thiophene rings is 1. The van der Waals surface area contributed by atoms with Crippen molar-refractivity contribution >= 4 is 51.9 Å². The first kappa shape index (κ1) is 26.4. The molecule has 1 aromatic heterocycles. The number of rotatable bonds is 4. The molecule has 0 spiro atoms. The quantitative estimate of drug-likeness (QED) is 0.318. The summed E-state index contributed by atoms with van der Waals surface area (Å²) in [6.07, 6.45) is -0.656. The maximum absolute atomic E-state index is 14.5. The molecule has 0 bridgehead atoms. The number of Topliss-reactive ketones (excluding diaryl/α,β-unsaturated/α-hetero) is 1. The predicted octanol–water partition coefficient (Wildman–Crippen LogP) is 6.90. The van der Waals surface area contributed by atoms with Crippen molar-refractivity contribution in [1.82, 2.24) is 5.32 Å². The zero-order valence-corrected chi connectivity index (χ0v) is 21.8. The van der Waals surface area contributed by atoms with Crippen molar-refractivity contribution in [1.29, 1.82) is 0 Å². The molecule has 198 valence electrons. The molecule has 1 aromatic carbocycles. The van der Waals surface area contributed by atoms with E-state index in [0.717, 1.165) is 47.4 Å². The summed E-state index contributed by atoms with van der Waals surface area (Å²) in [6, 6.07) is 1.59. The van der Waals surface area contributed by atoms with E-state index in [4.69, 9.17) is 28.0 Å². The highest BCUT2D eigenvalue weighted by Gasteiger charge is 2.63. The highest BCUT2D eigenvalue weighted by molar-refractivity contribution is 7.16. The van der Waals surface area contributed by atoms with E-state index in [1.54, 1.807) is 0 Å². The van der Waals surface area contributed by atoms with E-state index in [9.17, 15) is 27.2 Å². The van der Waals surface area contributed by atoms with Crippen molar-refractivity contribution in [3.05, 3.63) is 54.4 Å². The van der Waals surface area contributed by atoms with Crippen LogP contribution in [0.1, 0.15) is 76.2 Å². The Morgan fingerprint density at radius 3 is 2.32 bits per heavy atom. The van der Waals surface area contributed by atoms with Crippen LogP contribution in [0.4, 0.5) is 17.6 Å². The van der Waals surface area contributed by atoms with E-state index in [0.29, 0.717) is 48.3 Å². The maximum atomic E-state index is 14.5. The van der Waals surface area contributed by atoms with Crippen LogP contribution in [0.3, 0.4) is 0 Å². The molecule has 37 heavy (non-hydrogen) atoms. The maximum Gasteiger partial charge on any atom is 0.435 e. The Labute approximate surface area is 224 Å². The normalized spacial score (nSPS) is 22.4. The zero-order valence-electron chi connectivity index (χ0n) is 19.4. The van der Waals surface area contributed by atoms with Crippen LogP contribution in [0, 0.1) is 5.82 Å². The largest absolute Gasteiger partial charge is 0.435 e. The number of benzene rings is 1. The van der Waals surface area contributed by atoms with Gasteiger partial charge in [-0.05, 0) is 61.8 Å². The Bertz CT molecular complexity index is 1280. The average Bonchev–Trinajstić information content (AvgIpc) is 3.47. The smallest absolute Gasteiger partial charge is 0.374 e. The highest BCUT2D eigenvalue weighted by atomic mass is 35.5. The van der Waals surface area contributed by atoms with E-state index in [1.165, 1.54) is 0 Å². The number of hydrogen-bond donors (Lipinski definition) is 1. The third-order valence-electron chi connectivity index (χ3n) is 7.20. The first-order valence-electron chi connectivity index (χ1n) is 11.9. The van der Waals surface area contributed by atoms with Crippen LogP contribution < -0.4 is 5.32 Å². The van der Waals surface area contributed by atoms with Crippen LogP contribution in [0.15, 0.2) is 17.3 Å². The number of carbonyl (C=O) groups is 2. The van der Waals surface area contributed by atoms with Crippen molar-refractivity contribution in [2.45, 2.75) is 75.6 Å². The minimum Gasteiger partial charge on any atom is -0.374 e. The number of alkyl halides is 3. The van der Waals surface area contributed by atoms with E-state index in [-0.39, 0.29) is 23.4 Å². The first-order valence-corrected chi connectivity index (χ1v) is 13.5. The molecule has 5 rings (SSSR count). The number of ketones is 1. The minimum atomic E-state index is -4.92. The molecule has 1 unspecified atom stereocenters. The summed E-state index contributed by atoms with van der Waals surface area (Å²) < 4.78 is 57.3. The number of amides is 1. The molecular weight excluding hydrogens is 555 g/mol. The lowest BCUT2D eigenvalue weighted by atomic mass is 9.85. The fourth-order valence-electron chi connectivity index (χ4n) is 5.20. The Kier molecular flexibility index (Phi) is 7.04. The van der Waals surface area contributed by atoms with Gasteiger partial charge in [0, 0.05) is 24.4 Å². The SMILES string of the molecule is O=C1CCC(NC(=O)c2sc(C3=NOC(c4cc(Cl)c(F)c(Cl)c4)(C(F)(F)F)C3)c3c2CCCC3)CC1. The topological polar surface area (TPSA) is 67.8 Å². The molecule has 1 amide bonds. The summed E-state index contributed by atoms with van der Waals surface area (Å²) in [7, 11) is 0. The first-order chi connectivity index (χ1) is 17.5. The minimum absolute atomic E-state index is 0.0688. The second-order valence-corrected chi connectivity index (χ2v) is 11.4. The fraction of sp³-hybridized carbons (Fsp3) is 0.480. The summed E-state index contributed by atoms with van der Waals surface area (Å²) >= 11 is 12.7. The van der Waals surface area contributed by atoms with Gasteiger partial charge in [-0.2, -0.15) is 13.2 Å². The van der Waals surface area contributed by atoms with Crippen LogP contribution in [-0.2, 0) is 28.1 Å². The zero-order chi connectivity index (χ0) is 26.5. The molecule has 1 saturated carbocycles. The molecule has 0 radical (unpaired) electrons. The molecule has 2 aromatic rings. The number of hydrogen-bond acceptors (Lipinski definition) is 5. The van der Waals surface area contributed by atoms with Crippen LogP contribution in [0.5, 0.6) is 0 Å². The van der Waals surface area contributed by atoms with Gasteiger partial charge in [0.1, 0.15) is 11.5 Å². The van der Waals surface area contributed by atoms with Gasteiger partial charge < -0.3 is 10.2 Å². The molecule has 1 aliphatic heterocycles. The lowest BCUT2D eigenvalue weighted by molar-refractivity contribution is -0.275. The number of fused-ring (bicyclic) bond motifs is 1. The van der Waals surface area contributed by atoms with Crippen LogP contribution in [-0.4, -0.2) is 29.6 Å². The van der Waals surface area contributed by atoms with Crippen molar-refractivity contribution in [3.63, 3.8) is 0 Å². The molecule has 12 heteroatoms. The summed E-state index contributed by atoms with van der Waals surface area (Å²) in [6.45, 7) is 0. The monoisotopic (exact) mass is 576 g/mol. The number of nitrogens with zero attached hydrogens (tertiary/aromatic N) is 1. The molecule has 3 aliphatic rings. The number of halogens is 6.